The van der Waals surface area contributed by atoms with Gasteiger partial charge < -0.3 is 15.4 Å². The highest BCUT2D eigenvalue weighted by Crippen LogP contribution is 2.28. The minimum atomic E-state index is -1.03. The number of halogens is 2. The molecule has 6 nitrogen and oxygen atoms in total. The summed E-state index contributed by atoms with van der Waals surface area (Å²) in [5.74, 6) is -1.73. The smallest absolute Gasteiger partial charge is 0.352 e. The molecule has 1 aliphatic carbocycles. The number of amides is 2. The quantitative estimate of drug-likeness (QED) is 0.643. The molecular formula is C22H25F2N3O3S. The van der Waals surface area contributed by atoms with E-state index in [4.69, 9.17) is 5.73 Å². The third kappa shape index (κ3) is 6.58. The van der Waals surface area contributed by atoms with E-state index in [1.165, 1.54) is 54.1 Å². The highest BCUT2D eigenvalue weighted by molar-refractivity contribution is 8.00. The molecule has 1 saturated carbocycles. The van der Waals surface area contributed by atoms with E-state index < -0.39 is 17.6 Å². The zero-order valence-electron chi connectivity index (χ0n) is 17.0. The first kappa shape index (κ1) is 22.9. The van der Waals surface area contributed by atoms with E-state index in [0.717, 1.165) is 18.1 Å². The summed E-state index contributed by atoms with van der Waals surface area (Å²) in [4.78, 5) is 21.7. The third-order valence-corrected chi connectivity index (χ3v) is 6.15. The van der Waals surface area contributed by atoms with Gasteiger partial charge in [-0.15, -0.1) is 0 Å². The number of aromatic carboxylic acids is 1. The number of hydrogen-bond acceptors (Lipinski definition) is 3. The van der Waals surface area contributed by atoms with Crippen molar-refractivity contribution in [3.05, 3.63) is 70.4 Å². The minimum absolute atomic E-state index is 0.140. The Morgan fingerprint density at radius 3 is 2.29 bits per heavy atom. The van der Waals surface area contributed by atoms with E-state index in [0.29, 0.717) is 18.0 Å². The van der Waals surface area contributed by atoms with E-state index in [2.05, 4.69) is 0 Å². The number of benzene rings is 1. The van der Waals surface area contributed by atoms with Crippen LogP contribution >= 0.6 is 11.9 Å². The van der Waals surface area contributed by atoms with Gasteiger partial charge in [-0.3, -0.25) is 4.31 Å². The number of carbonyl (C=O) groups excluding carboxylic acids is 1. The lowest BCUT2D eigenvalue weighted by molar-refractivity contribution is 0.0685. The van der Waals surface area contributed by atoms with Gasteiger partial charge in [0.25, 0.3) is 0 Å². The molecular weight excluding hydrogens is 424 g/mol. The molecule has 31 heavy (non-hydrogen) atoms. The molecule has 9 heteroatoms. The zero-order chi connectivity index (χ0) is 22.4. The molecule has 1 aromatic heterocycles. The van der Waals surface area contributed by atoms with Crippen molar-refractivity contribution < 1.29 is 23.5 Å². The molecule has 2 aromatic rings. The summed E-state index contributed by atoms with van der Waals surface area (Å²) < 4.78 is 29.6. The first-order valence-corrected chi connectivity index (χ1v) is 10.9. The van der Waals surface area contributed by atoms with E-state index in [1.807, 2.05) is 11.5 Å². The number of carbonyl (C=O) groups is 2. The van der Waals surface area contributed by atoms with Crippen molar-refractivity contribution in [2.45, 2.75) is 38.6 Å². The molecule has 3 N–H and O–H groups in total. The summed E-state index contributed by atoms with van der Waals surface area (Å²) in [5.41, 5.74) is 6.47. The van der Waals surface area contributed by atoms with Crippen LogP contribution in [0.5, 0.6) is 0 Å². The van der Waals surface area contributed by atoms with Crippen LogP contribution in [0.25, 0.3) is 0 Å². The molecule has 0 unspecified atom stereocenters. The Labute approximate surface area is 183 Å². The van der Waals surface area contributed by atoms with Crippen molar-refractivity contribution in [1.82, 2.24) is 8.87 Å². The second kappa shape index (κ2) is 10.5. The van der Waals surface area contributed by atoms with Gasteiger partial charge in [-0.05, 0) is 59.0 Å². The van der Waals surface area contributed by atoms with Crippen LogP contribution in [0.2, 0.25) is 0 Å². The molecule has 0 spiro atoms. The molecule has 166 valence electrons. The van der Waals surface area contributed by atoms with E-state index in [9.17, 15) is 23.5 Å². The van der Waals surface area contributed by atoms with Gasteiger partial charge in [0.2, 0.25) is 0 Å². The fraction of sp³-hybridized carbons (Fsp3) is 0.364. The van der Waals surface area contributed by atoms with Crippen molar-refractivity contribution in [3.63, 3.8) is 0 Å². The third-order valence-electron chi connectivity index (χ3n) is 5.25. The number of aromatic nitrogens is 1. The molecule has 0 bridgehead atoms. The van der Waals surface area contributed by atoms with Crippen LogP contribution in [0.4, 0.5) is 13.6 Å². The number of hydrogen-bond donors (Lipinski definition) is 2. The van der Waals surface area contributed by atoms with Crippen LogP contribution in [0.3, 0.4) is 0 Å². The summed E-state index contributed by atoms with van der Waals surface area (Å²) in [6, 6.07) is 4.57. The van der Waals surface area contributed by atoms with Crippen LogP contribution in [-0.4, -0.2) is 32.5 Å². The van der Waals surface area contributed by atoms with Gasteiger partial charge in [0, 0.05) is 18.8 Å². The Balaban J connectivity index is 0.000000287. The highest BCUT2D eigenvalue weighted by Gasteiger charge is 2.19. The number of urea groups is 1. The Kier molecular flexibility index (Phi) is 7.73. The van der Waals surface area contributed by atoms with Crippen molar-refractivity contribution in [2.24, 2.45) is 11.7 Å². The molecule has 1 aliphatic heterocycles. The van der Waals surface area contributed by atoms with Crippen molar-refractivity contribution in [3.8, 4) is 0 Å². The van der Waals surface area contributed by atoms with E-state index in [-0.39, 0.29) is 18.3 Å². The van der Waals surface area contributed by atoms with E-state index in [1.54, 1.807) is 16.8 Å². The summed E-state index contributed by atoms with van der Waals surface area (Å²) in [6.45, 7) is 0.779. The van der Waals surface area contributed by atoms with Gasteiger partial charge in [-0.25, -0.2) is 18.4 Å². The van der Waals surface area contributed by atoms with Crippen molar-refractivity contribution in [1.29, 1.82) is 0 Å². The van der Waals surface area contributed by atoms with Gasteiger partial charge in [0.05, 0.1) is 6.54 Å². The van der Waals surface area contributed by atoms with Gasteiger partial charge in [-0.2, -0.15) is 0 Å². The average Bonchev–Trinajstić information content (AvgIpc) is 3.43. The molecule has 2 amide bonds. The molecule has 1 aromatic carbocycles. The second-order valence-corrected chi connectivity index (χ2v) is 8.60. The van der Waals surface area contributed by atoms with Crippen LogP contribution in [0.1, 0.15) is 47.3 Å². The Morgan fingerprint density at radius 1 is 1.10 bits per heavy atom. The second-order valence-electron chi connectivity index (χ2n) is 7.68. The lowest BCUT2D eigenvalue weighted by atomic mass is 10.00. The summed E-state index contributed by atoms with van der Waals surface area (Å²) in [6.07, 6.45) is 9.38. The van der Waals surface area contributed by atoms with Gasteiger partial charge in [-0.1, -0.05) is 31.8 Å². The van der Waals surface area contributed by atoms with Gasteiger partial charge in [0.15, 0.2) is 0 Å². The number of rotatable bonds is 5. The zero-order valence-corrected chi connectivity index (χ0v) is 17.8. The average molecular weight is 450 g/mol. The molecule has 0 saturated heterocycles. The van der Waals surface area contributed by atoms with Crippen molar-refractivity contribution in [2.75, 3.05) is 6.54 Å². The number of primary amides is 1. The fourth-order valence-electron chi connectivity index (χ4n) is 3.88. The first-order valence-electron chi connectivity index (χ1n) is 10.1. The van der Waals surface area contributed by atoms with E-state index >= 15 is 0 Å². The molecule has 2 aliphatic rings. The Hall–Kier alpha value is -2.81. The Morgan fingerprint density at radius 2 is 1.77 bits per heavy atom. The van der Waals surface area contributed by atoms with Gasteiger partial charge >= 0.3 is 12.0 Å². The topological polar surface area (TPSA) is 88.6 Å². The lowest BCUT2D eigenvalue weighted by Crippen LogP contribution is -2.27. The lowest BCUT2D eigenvalue weighted by Gasteiger charge is -2.07. The van der Waals surface area contributed by atoms with Crippen LogP contribution in [0.15, 0.2) is 41.9 Å². The fourth-order valence-corrected chi connectivity index (χ4v) is 4.47. The monoisotopic (exact) mass is 449 g/mol. The number of nitrogens with two attached hydrogens (primary N) is 1. The molecule has 0 atom stereocenters. The highest BCUT2D eigenvalue weighted by atomic mass is 32.2. The largest absolute Gasteiger partial charge is 0.477 e. The predicted octanol–water partition coefficient (Wildman–Crippen LogP) is 4.79. The van der Waals surface area contributed by atoms with Gasteiger partial charge in [0.1, 0.15) is 17.3 Å². The maximum absolute atomic E-state index is 13.3. The molecule has 1 fully saturated rings. The van der Waals surface area contributed by atoms with Crippen LogP contribution < -0.4 is 5.73 Å². The Bertz CT molecular complexity index is 943. The summed E-state index contributed by atoms with van der Waals surface area (Å²) >= 11 is 1.33. The van der Waals surface area contributed by atoms with Crippen LogP contribution in [-0.2, 0) is 13.0 Å². The summed E-state index contributed by atoms with van der Waals surface area (Å²) in [5, 5.41) is 11.2. The first-order chi connectivity index (χ1) is 14.8. The molecule has 2 heterocycles. The maximum atomic E-state index is 13.3. The number of nitrogens with zero attached hydrogens (tertiary/aromatic N) is 2. The summed E-state index contributed by atoms with van der Waals surface area (Å²) in [7, 11) is 0. The molecule has 4 rings (SSSR count). The maximum Gasteiger partial charge on any atom is 0.352 e. The molecule has 0 radical (unpaired) electrons. The minimum Gasteiger partial charge on any atom is -0.477 e. The van der Waals surface area contributed by atoms with Crippen LogP contribution in [0, 0.1) is 17.6 Å². The SMILES string of the molecule is NC(=O)N1CC=CS1.O=C(O)c1cc(CC2CCCC2)cn1Cc1cc(F)cc(F)c1. The standard InChI is InChI=1S/C18H19F2NO2.C4H6N2OS/c19-15-6-14(7-16(20)9-15)11-21-10-13(8-17(21)18(22)23)5-12-3-1-2-4-12;5-4(7)6-2-1-3-8-6/h6-10,12H,1-5,11H2,(H,22,23);1,3H,2H2,(H2,5,7). The predicted molar refractivity (Wildman–Crippen MR) is 116 cm³/mol. The number of carboxylic acids is 1. The number of carboxylic acid groups (broad SMARTS) is 1. The van der Waals surface area contributed by atoms with Crippen molar-refractivity contribution >= 4 is 23.9 Å². The normalized spacial score (nSPS) is 15.7.